The lowest BCUT2D eigenvalue weighted by Crippen LogP contribution is -2.29. The van der Waals surface area contributed by atoms with E-state index >= 15 is 0 Å². The third kappa shape index (κ3) is 4.12. The van der Waals surface area contributed by atoms with Crippen molar-refractivity contribution >= 4 is 0 Å². The van der Waals surface area contributed by atoms with Gasteiger partial charge in [0, 0.05) is 25.7 Å². The van der Waals surface area contributed by atoms with Crippen molar-refractivity contribution in [2.24, 2.45) is 11.8 Å². The fourth-order valence-electron chi connectivity index (χ4n) is 5.05. The summed E-state index contributed by atoms with van der Waals surface area (Å²) in [5, 5.41) is 10.3. The number of fused-ring (bicyclic) bond motifs is 1. The van der Waals surface area contributed by atoms with Crippen molar-refractivity contribution in [2.45, 2.75) is 25.0 Å². The van der Waals surface area contributed by atoms with Crippen LogP contribution in [0.3, 0.4) is 0 Å². The molecule has 0 amide bonds. The number of rotatable bonds is 6. The summed E-state index contributed by atoms with van der Waals surface area (Å²) in [6.07, 6.45) is 1.05. The molecule has 2 aromatic carbocycles. The van der Waals surface area contributed by atoms with Gasteiger partial charge in [-0.3, -0.25) is 4.90 Å². The Balaban J connectivity index is 1.30. The fourth-order valence-corrected chi connectivity index (χ4v) is 5.05. The molecule has 2 aromatic rings. The Kier molecular flexibility index (Phi) is 5.76. The number of aliphatic hydroxyl groups is 1. The maximum absolute atomic E-state index is 13.3. The molecule has 2 aliphatic rings. The van der Waals surface area contributed by atoms with Crippen molar-refractivity contribution in [2.75, 3.05) is 33.2 Å². The molecule has 3 nitrogen and oxygen atoms in total. The maximum Gasteiger partial charge on any atom is 0.123 e. The fraction of sp³-hybridized carbons (Fsp3) is 0.478. The summed E-state index contributed by atoms with van der Waals surface area (Å²) in [5.41, 5.74) is 1.97. The van der Waals surface area contributed by atoms with Crippen molar-refractivity contribution in [3.8, 4) is 0 Å². The van der Waals surface area contributed by atoms with Crippen LogP contribution in [-0.2, 0) is 0 Å². The zero-order valence-electron chi connectivity index (χ0n) is 16.3. The van der Waals surface area contributed by atoms with Crippen molar-refractivity contribution < 1.29 is 13.9 Å². The van der Waals surface area contributed by atoms with Crippen LogP contribution in [0, 0.1) is 23.5 Å². The molecule has 28 heavy (non-hydrogen) atoms. The topological polar surface area (TPSA) is 26.7 Å². The minimum atomic E-state index is -0.541. The monoisotopic (exact) mass is 386 g/mol. The highest BCUT2D eigenvalue weighted by Crippen LogP contribution is 2.44. The molecule has 0 bridgehead atoms. The van der Waals surface area contributed by atoms with E-state index in [1.807, 2.05) is 12.1 Å². The van der Waals surface area contributed by atoms with Gasteiger partial charge in [0.25, 0.3) is 0 Å². The van der Waals surface area contributed by atoms with E-state index in [1.165, 1.54) is 17.7 Å². The molecule has 2 fully saturated rings. The number of aliphatic hydroxyl groups excluding tert-OH is 1. The molecule has 5 heteroatoms. The maximum atomic E-state index is 13.3. The lowest BCUT2D eigenvalue weighted by Gasteiger charge is -2.27. The van der Waals surface area contributed by atoms with Gasteiger partial charge in [0.1, 0.15) is 11.6 Å². The van der Waals surface area contributed by atoms with E-state index in [0.717, 1.165) is 38.2 Å². The van der Waals surface area contributed by atoms with Crippen molar-refractivity contribution in [3.63, 3.8) is 0 Å². The second-order valence-corrected chi connectivity index (χ2v) is 8.33. The number of halogens is 2. The van der Waals surface area contributed by atoms with Crippen LogP contribution in [-0.4, -0.2) is 48.1 Å². The van der Waals surface area contributed by atoms with Gasteiger partial charge in [0.15, 0.2) is 0 Å². The minimum Gasteiger partial charge on any atom is -0.388 e. The summed E-state index contributed by atoms with van der Waals surface area (Å²) in [6, 6.07) is 13.4. The molecule has 4 rings (SSSR count). The van der Waals surface area contributed by atoms with Crippen molar-refractivity contribution in [3.05, 3.63) is 71.3 Å². The van der Waals surface area contributed by atoms with Gasteiger partial charge < -0.3 is 10.0 Å². The lowest BCUT2D eigenvalue weighted by molar-refractivity contribution is 0.155. The van der Waals surface area contributed by atoms with E-state index in [2.05, 4.69) is 16.8 Å². The van der Waals surface area contributed by atoms with Gasteiger partial charge in [-0.05, 0) is 73.7 Å². The van der Waals surface area contributed by atoms with E-state index in [4.69, 9.17) is 0 Å². The number of hydrogen-bond acceptors (Lipinski definition) is 3. The van der Waals surface area contributed by atoms with Crippen molar-refractivity contribution in [1.82, 2.24) is 9.80 Å². The number of hydrogen-bond donors (Lipinski definition) is 1. The van der Waals surface area contributed by atoms with Crippen LogP contribution < -0.4 is 0 Å². The third-order valence-electron chi connectivity index (χ3n) is 6.39. The first-order chi connectivity index (χ1) is 13.5. The molecule has 2 heterocycles. The quantitative estimate of drug-likeness (QED) is 0.813. The van der Waals surface area contributed by atoms with Crippen LogP contribution >= 0.6 is 0 Å². The molecule has 0 aromatic heterocycles. The first-order valence-corrected chi connectivity index (χ1v) is 10.1. The molecule has 0 spiro atoms. The second kappa shape index (κ2) is 8.27. The average Bonchev–Trinajstić information content (AvgIpc) is 3.19. The first-order valence-electron chi connectivity index (χ1n) is 10.1. The Morgan fingerprint density at radius 1 is 0.964 bits per heavy atom. The van der Waals surface area contributed by atoms with Gasteiger partial charge >= 0.3 is 0 Å². The lowest BCUT2D eigenvalue weighted by atomic mass is 9.90. The molecule has 1 N–H and O–H groups in total. The Hall–Kier alpha value is -1.82. The zero-order valence-corrected chi connectivity index (χ0v) is 16.3. The molecule has 0 aliphatic carbocycles. The van der Waals surface area contributed by atoms with Gasteiger partial charge in [0.2, 0.25) is 0 Å². The summed E-state index contributed by atoms with van der Waals surface area (Å²) < 4.78 is 26.3. The molecular formula is C23H28F2N2O. The smallest absolute Gasteiger partial charge is 0.123 e. The van der Waals surface area contributed by atoms with Crippen LogP contribution in [0.15, 0.2) is 48.5 Å². The molecule has 2 saturated heterocycles. The summed E-state index contributed by atoms with van der Waals surface area (Å²) in [5.74, 6) is 0.744. The Morgan fingerprint density at radius 2 is 1.61 bits per heavy atom. The molecule has 0 saturated carbocycles. The number of nitrogens with zero attached hydrogens (tertiary/aromatic N) is 2. The number of likely N-dealkylation sites (tertiary alicyclic amines) is 2. The van der Waals surface area contributed by atoms with Crippen LogP contribution in [0.2, 0.25) is 0 Å². The van der Waals surface area contributed by atoms with Gasteiger partial charge in [-0.15, -0.1) is 0 Å². The third-order valence-corrected chi connectivity index (χ3v) is 6.39. The zero-order chi connectivity index (χ0) is 19.7. The largest absolute Gasteiger partial charge is 0.388 e. The first kappa shape index (κ1) is 19.5. The molecule has 2 aliphatic heterocycles. The minimum absolute atomic E-state index is 0.186. The van der Waals surface area contributed by atoms with Crippen LogP contribution in [0.1, 0.15) is 36.1 Å². The highest BCUT2D eigenvalue weighted by molar-refractivity contribution is 5.23. The highest BCUT2D eigenvalue weighted by Gasteiger charge is 2.45. The standard InChI is InChI=1S/C23H28F2N2O/c1-26-13-18-14-27(12-2-3-22(28)16-4-8-19(24)9-5-16)15-21(18)23(26)17-6-10-20(25)11-7-17/h4-11,18,21-23,28H,2-3,12-15H2,1H3. The van der Waals surface area contributed by atoms with Gasteiger partial charge in [-0.2, -0.15) is 0 Å². The normalized spacial score (nSPS) is 26.5. The number of benzene rings is 2. The van der Waals surface area contributed by atoms with Gasteiger partial charge in [-0.1, -0.05) is 24.3 Å². The SMILES string of the molecule is CN1CC2CN(CCCC(O)c3ccc(F)cc3)CC2C1c1ccc(F)cc1. The Morgan fingerprint density at radius 3 is 2.29 bits per heavy atom. The van der Waals surface area contributed by atoms with E-state index in [0.29, 0.717) is 24.3 Å². The van der Waals surface area contributed by atoms with Crippen molar-refractivity contribution in [1.29, 1.82) is 0 Å². The summed E-state index contributed by atoms with van der Waals surface area (Å²) in [7, 11) is 2.16. The predicted octanol–water partition coefficient (Wildman–Crippen LogP) is 4.01. The summed E-state index contributed by atoms with van der Waals surface area (Å²) in [6.45, 7) is 4.16. The van der Waals surface area contributed by atoms with E-state index in [9.17, 15) is 13.9 Å². The second-order valence-electron chi connectivity index (χ2n) is 8.33. The Bertz CT molecular complexity index is 780. The van der Waals surface area contributed by atoms with E-state index < -0.39 is 6.10 Å². The molecule has 4 unspecified atom stereocenters. The predicted molar refractivity (Wildman–Crippen MR) is 106 cm³/mol. The summed E-state index contributed by atoms with van der Waals surface area (Å²) >= 11 is 0. The van der Waals surface area contributed by atoms with Crippen LogP contribution in [0.25, 0.3) is 0 Å². The summed E-state index contributed by atoms with van der Waals surface area (Å²) in [4.78, 5) is 4.90. The van der Waals surface area contributed by atoms with E-state index in [1.54, 1.807) is 24.3 Å². The van der Waals surface area contributed by atoms with Gasteiger partial charge in [0.05, 0.1) is 6.10 Å². The average molecular weight is 386 g/mol. The molecule has 4 atom stereocenters. The van der Waals surface area contributed by atoms with E-state index in [-0.39, 0.29) is 11.6 Å². The molecule has 150 valence electrons. The Labute approximate surface area is 165 Å². The van der Waals surface area contributed by atoms with Crippen LogP contribution in [0.5, 0.6) is 0 Å². The molecular weight excluding hydrogens is 358 g/mol. The highest BCUT2D eigenvalue weighted by atomic mass is 19.1. The van der Waals surface area contributed by atoms with Crippen LogP contribution in [0.4, 0.5) is 8.78 Å². The van der Waals surface area contributed by atoms with Gasteiger partial charge in [-0.25, -0.2) is 8.78 Å². The molecule has 0 radical (unpaired) electrons.